The number of carbonyl (C=O) groups excluding carboxylic acids is 1. The van der Waals surface area contributed by atoms with E-state index in [9.17, 15) is 14.9 Å². The van der Waals surface area contributed by atoms with Gasteiger partial charge in [0.05, 0.1) is 10.7 Å². The first-order valence-electron chi connectivity index (χ1n) is 9.40. The van der Waals surface area contributed by atoms with Crippen molar-refractivity contribution in [2.24, 2.45) is 0 Å². The third-order valence-electron chi connectivity index (χ3n) is 4.65. The number of thioether (sulfide) groups is 1. The molecule has 0 saturated carbocycles. The van der Waals surface area contributed by atoms with Crippen molar-refractivity contribution >= 4 is 56.8 Å². The zero-order chi connectivity index (χ0) is 20.9. The summed E-state index contributed by atoms with van der Waals surface area (Å²) in [6.45, 7) is 1.41. The SMILES string of the molecule is O=C(CSc1nnc(NCCc2cccs2)s1)N1CCCc2cc([N+](=O)[O-])ccc21. The molecule has 0 unspecified atom stereocenters. The molecule has 1 N–H and O–H groups in total. The minimum Gasteiger partial charge on any atom is -0.360 e. The summed E-state index contributed by atoms with van der Waals surface area (Å²) >= 11 is 4.53. The molecule has 156 valence electrons. The highest BCUT2D eigenvalue weighted by Crippen LogP contribution is 2.32. The van der Waals surface area contributed by atoms with Gasteiger partial charge in [-0.15, -0.1) is 21.5 Å². The lowest BCUT2D eigenvalue weighted by atomic mass is 10.0. The Hall–Kier alpha value is -2.50. The maximum atomic E-state index is 12.8. The molecule has 0 atom stereocenters. The summed E-state index contributed by atoms with van der Waals surface area (Å²) < 4.78 is 0.739. The highest BCUT2D eigenvalue weighted by Gasteiger charge is 2.24. The van der Waals surface area contributed by atoms with Crippen LogP contribution in [0.1, 0.15) is 16.9 Å². The van der Waals surface area contributed by atoms with Crippen molar-refractivity contribution in [1.82, 2.24) is 10.2 Å². The van der Waals surface area contributed by atoms with Crippen LogP contribution in [0.15, 0.2) is 40.1 Å². The molecule has 1 aromatic carbocycles. The van der Waals surface area contributed by atoms with Crippen molar-refractivity contribution in [2.75, 3.05) is 29.1 Å². The Labute approximate surface area is 185 Å². The predicted molar refractivity (Wildman–Crippen MR) is 121 cm³/mol. The monoisotopic (exact) mass is 461 g/mol. The Balaban J connectivity index is 1.31. The van der Waals surface area contributed by atoms with Crippen molar-refractivity contribution in [3.8, 4) is 0 Å². The molecule has 1 amide bonds. The Kier molecular flexibility index (Phi) is 6.60. The van der Waals surface area contributed by atoms with Crippen LogP contribution < -0.4 is 10.2 Å². The molecule has 30 heavy (non-hydrogen) atoms. The maximum absolute atomic E-state index is 12.8. The summed E-state index contributed by atoms with van der Waals surface area (Å²) in [7, 11) is 0. The van der Waals surface area contributed by atoms with Crippen LogP contribution in [0.4, 0.5) is 16.5 Å². The number of rotatable bonds is 8. The van der Waals surface area contributed by atoms with Gasteiger partial charge in [-0.25, -0.2) is 0 Å². The van der Waals surface area contributed by atoms with Gasteiger partial charge in [-0.2, -0.15) is 0 Å². The summed E-state index contributed by atoms with van der Waals surface area (Å²) in [6, 6.07) is 8.85. The average molecular weight is 462 g/mol. The number of amides is 1. The summed E-state index contributed by atoms with van der Waals surface area (Å²) in [5, 5.41) is 25.4. The molecule has 8 nitrogen and oxygen atoms in total. The van der Waals surface area contributed by atoms with E-state index in [0.29, 0.717) is 6.54 Å². The maximum Gasteiger partial charge on any atom is 0.269 e. The number of nitro benzene ring substituents is 1. The molecule has 11 heteroatoms. The lowest BCUT2D eigenvalue weighted by molar-refractivity contribution is -0.384. The van der Waals surface area contributed by atoms with Gasteiger partial charge >= 0.3 is 0 Å². The quantitative estimate of drug-likeness (QED) is 0.304. The highest BCUT2D eigenvalue weighted by molar-refractivity contribution is 8.01. The molecule has 1 aliphatic heterocycles. The molecular formula is C19H19N5O3S3. The molecule has 0 aliphatic carbocycles. The van der Waals surface area contributed by atoms with Gasteiger partial charge in [0.2, 0.25) is 11.0 Å². The van der Waals surface area contributed by atoms with Gasteiger partial charge in [0.1, 0.15) is 0 Å². The number of aromatic nitrogens is 2. The second kappa shape index (κ2) is 9.54. The van der Waals surface area contributed by atoms with E-state index in [0.717, 1.165) is 46.5 Å². The highest BCUT2D eigenvalue weighted by atomic mass is 32.2. The Morgan fingerprint density at radius 1 is 1.33 bits per heavy atom. The van der Waals surface area contributed by atoms with E-state index in [1.165, 1.54) is 34.0 Å². The molecule has 0 radical (unpaired) electrons. The van der Waals surface area contributed by atoms with Gasteiger partial charge in [0.25, 0.3) is 5.69 Å². The molecular weight excluding hydrogens is 442 g/mol. The van der Waals surface area contributed by atoms with Crippen LogP contribution in [0.5, 0.6) is 0 Å². The van der Waals surface area contributed by atoms with Crippen LogP contribution >= 0.6 is 34.4 Å². The first-order chi connectivity index (χ1) is 14.6. The van der Waals surface area contributed by atoms with Crippen LogP contribution in [0, 0.1) is 10.1 Å². The Morgan fingerprint density at radius 3 is 3.03 bits per heavy atom. The van der Waals surface area contributed by atoms with Crippen LogP contribution in [-0.2, 0) is 17.6 Å². The molecule has 0 spiro atoms. The minimum absolute atomic E-state index is 0.0304. The Bertz CT molecular complexity index is 1040. The second-order valence-electron chi connectivity index (χ2n) is 6.64. The number of non-ortho nitro benzene ring substituents is 1. The lowest BCUT2D eigenvalue weighted by Gasteiger charge is -2.29. The number of benzene rings is 1. The predicted octanol–water partition coefficient (Wildman–Crippen LogP) is 4.23. The zero-order valence-electron chi connectivity index (χ0n) is 15.9. The fourth-order valence-corrected chi connectivity index (χ4v) is 5.61. The number of nitrogens with one attached hydrogen (secondary N) is 1. The van der Waals surface area contributed by atoms with Crippen molar-refractivity contribution in [3.05, 3.63) is 56.3 Å². The van der Waals surface area contributed by atoms with Gasteiger partial charge in [0.15, 0.2) is 4.34 Å². The van der Waals surface area contributed by atoms with E-state index in [1.807, 2.05) is 6.07 Å². The van der Waals surface area contributed by atoms with Gasteiger partial charge < -0.3 is 10.2 Å². The van der Waals surface area contributed by atoms with Gasteiger partial charge in [-0.1, -0.05) is 29.2 Å². The molecule has 3 heterocycles. The Morgan fingerprint density at radius 2 is 2.23 bits per heavy atom. The molecule has 2 aromatic heterocycles. The van der Waals surface area contributed by atoms with Crippen molar-refractivity contribution in [3.63, 3.8) is 0 Å². The van der Waals surface area contributed by atoms with Crippen molar-refractivity contribution < 1.29 is 9.72 Å². The fraction of sp³-hybridized carbons (Fsp3) is 0.316. The number of nitro groups is 1. The lowest BCUT2D eigenvalue weighted by Crippen LogP contribution is -2.36. The van der Waals surface area contributed by atoms with E-state index < -0.39 is 4.92 Å². The van der Waals surface area contributed by atoms with Crippen LogP contribution in [0.3, 0.4) is 0 Å². The number of nitrogens with zero attached hydrogens (tertiary/aromatic N) is 4. The zero-order valence-corrected chi connectivity index (χ0v) is 18.4. The third-order valence-corrected chi connectivity index (χ3v) is 7.58. The number of hydrogen-bond acceptors (Lipinski definition) is 9. The number of anilines is 2. The smallest absolute Gasteiger partial charge is 0.269 e. The minimum atomic E-state index is -0.404. The number of hydrogen-bond donors (Lipinski definition) is 1. The van der Waals surface area contributed by atoms with Gasteiger partial charge in [0, 0.05) is 35.8 Å². The number of aryl methyl sites for hydroxylation is 1. The van der Waals surface area contributed by atoms with E-state index in [2.05, 4.69) is 27.0 Å². The normalized spacial score (nSPS) is 13.1. The molecule has 0 fully saturated rings. The largest absolute Gasteiger partial charge is 0.360 e. The first-order valence-corrected chi connectivity index (χ1v) is 12.1. The van der Waals surface area contributed by atoms with Crippen molar-refractivity contribution in [1.29, 1.82) is 0 Å². The second-order valence-corrected chi connectivity index (χ2v) is 9.87. The topological polar surface area (TPSA) is 101 Å². The summed E-state index contributed by atoms with van der Waals surface area (Å²) in [6.07, 6.45) is 2.47. The summed E-state index contributed by atoms with van der Waals surface area (Å²) in [4.78, 5) is 26.4. The van der Waals surface area contributed by atoms with E-state index >= 15 is 0 Å². The molecule has 4 rings (SSSR count). The van der Waals surface area contributed by atoms with Crippen molar-refractivity contribution in [2.45, 2.75) is 23.6 Å². The van der Waals surface area contributed by atoms with E-state index in [4.69, 9.17) is 0 Å². The van der Waals surface area contributed by atoms with Crippen LogP contribution in [-0.4, -0.2) is 39.9 Å². The molecule has 0 bridgehead atoms. The standard InChI is InChI=1S/C19H19N5O3S3/c25-17(23-9-1-3-13-11-14(24(26)27)5-6-16(13)23)12-29-19-22-21-18(30-19)20-8-7-15-4-2-10-28-15/h2,4-6,10-11H,1,3,7-9,12H2,(H,20,21). The summed E-state index contributed by atoms with van der Waals surface area (Å²) in [5.41, 5.74) is 1.68. The van der Waals surface area contributed by atoms with E-state index in [1.54, 1.807) is 28.4 Å². The average Bonchev–Trinajstić information content (AvgIpc) is 3.43. The van der Waals surface area contributed by atoms with Crippen LogP contribution in [0.25, 0.3) is 0 Å². The number of carbonyl (C=O) groups is 1. The molecule has 1 aliphatic rings. The van der Waals surface area contributed by atoms with Gasteiger partial charge in [-0.3, -0.25) is 14.9 Å². The third kappa shape index (κ3) is 4.97. The first kappa shape index (κ1) is 20.8. The summed E-state index contributed by atoms with van der Waals surface area (Å²) in [5.74, 6) is 0.220. The fourth-order valence-electron chi connectivity index (χ4n) is 3.24. The number of thiophene rings is 1. The van der Waals surface area contributed by atoms with E-state index in [-0.39, 0.29) is 17.3 Å². The molecule has 3 aromatic rings. The number of fused-ring (bicyclic) bond motifs is 1. The van der Waals surface area contributed by atoms with Crippen LogP contribution in [0.2, 0.25) is 0 Å². The molecule has 0 saturated heterocycles. The van der Waals surface area contributed by atoms with Gasteiger partial charge in [-0.05, 0) is 42.3 Å².